The Kier molecular flexibility index (Phi) is 4.24. The molecule has 2 unspecified atom stereocenters. The van der Waals surface area contributed by atoms with Crippen molar-refractivity contribution in [1.29, 1.82) is 0 Å². The summed E-state index contributed by atoms with van der Waals surface area (Å²) in [5.41, 5.74) is 0. The molecule has 2 heteroatoms. The first-order chi connectivity index (χ1) is 6.19. The zero-order valence-electron chi connectivity index (χ0n) is 8.98. The first-order valence-electron chi connectivity index (χ1n) is 5.43. The van der Waals surface area contributed by atoms with Gasteiger partial charge in [-0.3, -0.25) is 0 Å². The maximum atomic E-state index is 5.70. The maximum absolute atomic E-state index is 5.70. The molecule has 0 aromatic rings. The van der Waals surface area contributed by atoms with Gasteiger partial charge in [0.1, 0.15) is 4.51 Å². The SMILES string of the molecule is CCC1CCCC(CC)C1(Br)OC. The summed E-state index contributed by atoms with van der Waals surface area (Å²) in [7, 11) is 1.84. The highest BCUT2D eigenvalue weighted by atomic mass is 79.9. The number of halogens is 1. The molecule has 78 valence electrons. The molecule has 0 N–H and O–H groups in total. The summed E-state index contributed by atoms with van der Waals surface area (Å²) in [6.45, 7) is 4.52. The van der Waals surface area contributed by atoms with E-state index in [0.29, 0.717) is 11.8 Å². The lowest BCUT2D eigenvalue weighted by atomic mass is 9.76. The maximum Gasteiger partial charge on any atom is 0.128 e. The third-order valence-electron chi connectivity index (χ3n) is 3.52. The van der Waals surface area contributed by atoms with Crippen molar-refractivity contribution in [2.75, 3.05) is 7.11 Å². The van der Waals surface area contributed by atoms with E-state index in [-0.39, 0.29) is 4.51 Å². The van der Waals surface area contributed by atoms with Crippen LogP contribution < -0.4 is 0 Å². The van der Waals surface area contributed by atoms with Gasteiger partial charge in [0, 0.05) is 7.11 Å². The second-order valence-electron chi connectivity index (χ2n) is 4.04. The largest absolute Gasteiger partial charge is 0.366 e. The van der Waals surface area contributed by atoms with Crippen LogP contribution in [-0.2, 0) is 4.74 Å². The molecular formula is C11H21BrO. The first kappa shape index (κ1) is 11.5. The Labute approximate surface area is 90.4 Å². The monoisotopic (exact) mass is 248 g/mol. The van der Waals surface area contributed by atoms with E-state index in [1.165, 1.54) is 32.1 Å². The van der Waals surface area contributed by atoms with Gasteiger partial charge in [-0.05, 0) is 37.5 Å². The second-order valence-corrected chi connectivity index (χ2v) is 5.28. The third kappa shape index (κ3) is 2.10. The van der Waals surface area contributed by atoms with E-state index in [0.717, 1.165) is 0 Å². The van der Waals surface area contributed by atoms with Gasteiger partial charge in [-0.2, -0.15) is 0 Å². The van der Waals surface area contributed by atoms with Gasteiger partial charge in [-0.1, -0.05) is 36.2 Å². The van der Waals surface area contributed by atoms with E-state index < -0.39 is 0 Å². The Balaban J connectivity index is 2.75. The Morgan fingerprint density at radius 2 is 1.69 bits per heavy atom. The molecule has 1 rings (SSSR count). The van der Waals surface area contributed by atoms with Gasteiger partial charge < -0.3 is 4.74 Å². The Hall–Kier alpha value is 0.440. The minimum atomic E-state index is -0.0330. The second kappa shape index (κ2) is 4.79. The summed E-state index contributed by atoms with van der Waals surface area (Å²) < 4.78 is 5.67. The smallest absolute Gasteiger partial charge is 0.128 e. The quantitative estimate of drug-likeness (QED) is 0.688. The van der Waals surface area contributed by atoms with Crippen LogP contribution in [0, 0.1) is 11.8 Å². The number of methoxy groups -OCH3 is 1. The molecule has 13 heavy (non-hydrogen) atoms. The first-order valence-corrected chi connectivity index (χ1v) is 6.22. The van der Waals surface area contributed by atoms with Crippen molar-refractivity contribution in [2.24, 2.45) is 11.8 Å². The highest BCUT2D eigenvalue weighted by Crippen LogP contribution is 2.47. The fraction of sp³-hybridized carbons (Fsp3) is 1.00. The molecule has 0 radical (unpaired) electrons. The van der Waals surface area contributed by atoms with Crippen LogP contribution in [0.15, 0.2) is 0 Å². The molecule has 0 aromatic carbocycles. The van der Waals surface area contributed by atoms with Crippen LogP contribution in [0.1, 0.15) is 46.0 Å². The van der Waals surface area contributed by atoms with E-state index >= 15 is 0 Å². The molecule has 1 nitrogen and oxygen atoms in total. The highest BCUT2D eigenvalue weighted by molar-refractivity contribution is 9.10. The Morgan fingerprint density at radius 3 is 2.00 bits per heavy atom. The van der Waals surface area contributed by atoms with Crippen molar-refractivity contribution < 1.29 is 4.74 Å². The fourth-order valence-corrected chi connectivity index (χ4v) is 3.74. The van der Waals surface area contributed by atoms with Gasteiger partial charge in [0.2, 0.25) is 0 Å². The molecule has 0 aromatic heterocycles. The number of ether oxygens (including phenoxy) is 1. The van der Waals surface area contributed by atoms with Crippen molar-refractivity contribution in [2.45, 2.75) is 50.5 Å². The van der Waals surface area contributed by atoms with Crippen LogP contribution in [0.4, 0.5) is 0 Å². The molecule has 1 aliphatic rings. The molecule has 0 saturated heterocycles. The molecule has 0 heterocycles. The standard InChI is InChI=1S/C11H21BrO/c1-4-9-7-6-8-10(5-2)11(9,12)13-3/h9-10H,4-8H2,1-3H3. The van der Waals surface area contributed by atoms with Crippen LogP contribution in [0.2, 0.25) is 0 Å². The predicted octanol–water partition coefficient (Wildman–Crippen LogP) is 3.96. The van der Waals surface area contributed by atoms with Gasteiger partial charge in [0.05, 0.1) is 0 Å². The minimum Gasteiger partial charge on any atom is -0.366 e. The summed E-state index contributed by atoms with van der Waals surface area (Å²) in [6.07, 6.45) is 6.43. The van der Waals surface area contributed by atoms with Crippen LogP contribution in [0.3, 0.4) is 0 Å². The van der Waals surface area contributed by atoms with Crippen LogP contribution in [-0.4, -0.2) is 11.6 Å². The van der Waals surface area contributed by atoms with Crippen molar-refractivity contribution in [3.05, 3.63) is 0 Å². The highest BCUT2D eigenvalue weighted by Gasteiger charge is 2.44. The number of hydrogen-bond acceptors (Lipinski definition) is 1. The molecule has 0 spiro atoms. The Morgan fingerprint density at radius 1 is 1.23 bits per heavy atom. The summed E-state index contributed by atoms with van der Waals surface area (Å²) in [5, 5.41) is 0. The summed E-state index contributed by atoms with van der Waals surface area (Å²) in [6, 6.07) is 0. The van der Waals surface area contributed by atoms with Gasteiger partial charge in [0.15, 0.2) is 0 Å². The van der Waals surface area contributed by atoms with Crippen LogP contribution in [0.5, 0.6) is 0 Å². The lowest BCUT2D eigenvalue weighted by molar-refractivity contribution is -0.0466. The van der Waals surface area contributed by atoms with Crippen molar-refractivity contribution in [3.63, 3.8) is 0 Å². The van der Waals surface area contributed by atoms with E-state index in [2.05, 4.69) is 29.8 Å². The average molecular weight is 249 g/mol. The average Bonchev–Trinajstić information content (AvgIpc) is 2.18. The van der Waals surface area contributed by atoms with Crippen molar-refractivity contribution in [3.8, 4) is 0 Å². The summed E-state index contributed by atoms with van der Waals surface area (Å²) in [4.78, 5) is 0. The fourth-order valence-electron chi connectivity index (χ4n) is 2.64. The van der Waals surface area contributed by atoms with Crippen molar-refractivity contribution >= 4 is 15.9 Å². The van der Waals surface area contributed by atoms with E-state index in [4.69, 9.17) is 4.74 Å². The lowest BCUT2D eigenvalue weighted by Gasteiger charge is -2.44. The predicted molar refractivity (Wildman–Crippen MR) is 60.1 cm³/mol. The number of hydrogen-bond donors (Lipinski definition) is 0. The number of alkyl halides is 1. The zero-order chi connectivity index (χ0) is 9.90. The molecule has 1 saturated carbocycles. The minimum absolute atomic E-state index is 0.0330. The van der Waals surface area contributed by atoms with Crippen LogP contribution in [0.25, 0.3) is 0 Å². The topological polar surface area (TPSA) is 9.23 Å². The molecule has 1 fully saturated rings. The normalized spacial score (nSPS) is 40.6. The zero-order valence-corrected chi connectivity index (χ0v) is 10.6. The molecule has 0 bridgehead atoms. The van der Waals surface area contributed by atoms with Crippen LogP contribution >= 0.6 is 15.9 Å². The molecule has 0 aliphatic heterocycles. The van der Waals surface area contributed by atoms with Gasteiger partial charge in [-0.25, -0.2) is 0 Å². The molecule has 1 aliphatic carbocycles. The third-order valence-corrected chi connectivity index (χ3v) is 5.14. The van der Waals surface area contributed by atoms with E-state index in [9.17, 15) is 0 Å². The van der Waals surface area contributed by atoms with Gasteiger partial charge in [-0.15, -0.1) is 0 Å². The van der Waals surface area contributed by atoms with E-state index in [1.807, 2.05) is 7.11 Å². The molecular weight excluding hydrogens is 228 g/mol. The number of rotatable bonds is 3. The summed E-state index contributed by atoms with van der Waals surface area (Å²) >= 11 is 3.83. The molecule has 2 atom stereocenters. The van der Waals surface area contributed by atoms with Gasteiger partial charge in [0.25, 0.3) is 0 Å². The molecule has 0 amide bonds. The summed E-state index contributed by atoms with van der Waals surface area (Å²) in [5.74, 6) is 1.38. The van der Waals surface area contributed by atoms with E-state index in [1.54, 1.807) is 0 Å². The lowest BCUT2D eigenvalue weighted by Crippen LogP contribution is -2.43. The van der Waals surface area contributed by atoms with Crippen molar-refractivity contribution in [1.82, 2.24) is 0 Å². The Bertz CT molecular complexity index is 146. The van der Waals surface area contributed by atoms with Gasteiger partial charge >= 0.3 is 0 Å².